The Morgan fingerprint density at radius 3 is 3.12 bits per heavy atom. The van der Waals surface area contributed by atoms with Gasteiger partial charge in [-0.05, 0) is 36.1 Å². The van der Waals surface area contributed by atoms with Crippen LogP contribution < -0.4 is 10.2 Å². The van der Waals surface area contributed by atoms with Gasteiger partial charge in [-0.1, -0.05) is 6.92 Å². The lowest BCUT2D eigenvalue weighted by atomic mass is 10.2. The van der Waals surface area contributed by atoms with Crippen LogP contribution >= 0.6 is 11.3 Å². The highest BCUT2D eigenvalue weighted by Gasteiger charge is 2.18. The molecule has 0 radical (unpaired) electrons. The molecule has 0 spiro atoms. The van der Waals surface area contributed by atoms with Gasteiger partial charge in [0.2, 0.25) is 0 Å². The van der Waals surface area contributed by atoms with Gasteiger partial charge in [0, 0.05) is 32.3 Å². The van der Waals surface area contributed by atoms with E-state index in [4.69, 9.17) is 4.74 Å². The van der Waals surface area contributed by atoms with E-state index in [1.54, 1.807) is 11.3 Å². The largest absolute Gasteiger partial charge is 0.375 e. The van der Waals surface area contributed by atoms with E-state index in [1.807, 2.05) is 12.3 Å². The van der Waals surface area contributed by atoms with E-state index in [-0.39, 0.29) is 6.10 Å². The maximum atomic E-state index is 5.63. The van der Waals surface area contributed by atoms with Gasteiger partial charge >= 0.3 is 0 Å². The number of aromatic nitrogens is 3. The predicted octanol–water partition coefficient (Wildman–Crippen LogP) is 3.49. The Morgan fingerprint density at radius 1 is 1.35 bits per heavy atom. The first kappa shape index (κ1) is 17.2. The summed E-state index contributed by atoms with van der Waals surface area (Å²) in [7, 11) is 0. The Hall–Kier alpha value is -2.25. The molecule has 4 rings (SSSR count). The van der Waals surface area contributed by atoms with E-state index in [1.165, 1.54) is 5.56 Å². The van der Waals surface area contributed by atoms with Crippen LogP contribution in [0.15, 0.2) is 29.8 Å². The predicted molar refractivity (Wildman–Crippen MR) is 106 cm³/mol. The molecule has 1 unspecified atom stereocenters. The smallest absolute Gasteiger partial charge is 0.138 e. The molecule has 0 aromatic carbocycles. The molecular weight excluding hydrogens is 346 g/mol. The second-order valence-electron chi connectivity index (χ2n) is 6.48. The van der Waals surface area contributed by atoms with E-state index < -0.39 is 0 Å². The molecule has 1 aliphatic rings. The Balaban J connectivity index is 1.52. The number of aryl methyl sites for hydroxylation is 1. The van der Waals surface area contributed by atoms with Crippen molar-refractivity contribution < 1.29 is 4.74 Å². The third kappa shape index (κ3) is 3.64. The van der Waals surface area contributed by atoms with Gasteiger partial charge in [-0.3, -0.25) is 0 Å². The molecule has 1 aliphatic heterocycles. The van der Waals surface area contributed by atoms with E-state index in [0.717, 1.165) is 53.8 Å². The Bertz CT molecular complexity index is 897. The molecule has 7 heteroatoms. The average Bonchev–Trinajstić information content (AvgIpc) is 3.15. The molecule has 3 aromatic heterocycles. The minimum Gasteiger partial charge on any atom is -0.375 e. The van der Waals surface area contributed by atoms with Crippen molar-refractivity contribution in [2.45, 2.75) is 32.9 Å². The highest BCUT2D eigenvalue weighted by Crippen LogP contribution is 2.26. The molecule has 0 bridgehead atoms. The summed E-state index contributed by atoms with van der Waals surface area (Å²) >= 11 is 1.65. The number of nitrogens with zero attached hydrogens (tertiary/aromatic N) is 4. The van der Waals surface area contributed by atoms with Crippen molar-refractivity contribution in [1.29, 1.82) is 0 Å². The number of ether oxygens (including phenoxy) is 1. The van der Waals surface area contributed by atoms with Crippen LogP contribution in [0, 0.1) is 0 Å². The molecule has 6 nitrogen and oxygen atoms in total. The molecule has 136 valence electrons. The van der Waals surface area contributed by atoms with Crippen LogP contribution in [0.5, 0.6) is 0 Å². The van der Waals surface area contributed by atoms with Crippen molar-refractivity contribution in [3.63, 3.8) is 0 Å². The fourth-order valence-electron chi connectivity index (χ4n) is 3.15. The lowest BCUT2D eigenvalue weighted by molar-refractivity contribution is 0.0529. The zero-order chi connectivity index (χ0) is 17.9. The standard InChI is InChI=1S/C19H23N5OS/c1-3-16-22-18(15-5-9-26-19(15)23-16)21-11-14-4-6-20-17(10-14)24-7-8-25-13(2)12-24/h4-6,9-10,13H,3,7-8,11-12H2,1-2H3,(H,21,22,23). The fraction of sp³-hybridized carbons (Fsp3) is 0.421. The molecule has 0 amide bonds. The Morgan fingerprint density at radius 2 is 2.27 bits per heavy atom. The number of anilines is 2. The first-order valence-corrected chi connectivity index (χ1v) is 9.90. The number of nitrogens with one attached hydrogen (secondary N) is 1. The number of thiophene rings is 1. The SMILES string of the molecule is CCc1nc(NCc2ccnc(N3CCOC(C)C3)c2)c2ccsc2n1. The van der Waals surface area contributed by atoms with Crippen LogP contribution in [0.25, 0.3) is 10.2 Å². The molecule has 3 aromatic rings. The van der Waals surface area contributed by atoms with E-state index in [9.17, 15) is 0 Å². The van der Waals surface area contributed by atoms with Crippen LogP contribution in [0.4, 0.5) is 11.6 Å². The van der Waals surface area contributed by atoms with Gasteiger partial charge in [0.25, 0.3) is 0 Å². The molecule has 26 heavy (non-hydrogen) atoms. The molecule has 0 saturated carbocycles. The number of rotatable bonds is 5. The first-order chi connectivity index (χ1) is 12.7. The third-order valence-electron chi connectivity index (χ3n) is 4.52. The summed E-state index contributed by atoms with van der Waals surface area (Å²) in [6, 6.07) is 6.28. The van der Waals surface area contributed by atoms with Crippen molar-refractivity contribution >= 4 is 33.2 Å². The highest BCUT2D eigenvalue weighted by molar-refractivity contribution is 7.16. The second kappa shape index (κ2) is 7.55. The van der Waals surface area contributed by atoms with Gasteiger partial charge in [0.15, 0.2) is 0 Å². The lowest BCUT2D eigenvalue weighted by Crippen LogP contribution is -2.41. The molecule has 1 N–H and O–H groups in total. The van der Waals surface area contributed by atoms with Crippen LogP contribution in [0.3, 0.4) is 0 Å². The van der Waals surface area contributed by atoms with Crippen LogP contribution in [-0.4, -0.2) is 40.8 Å². The topological polar surface area (TPSA) is 63.2 Å². The molecule has 1 fully saturated rings. The minimum atomic E-state index is 0.243. The van der Waals surface area contributed by atoms with E-state index in [2.05, 4.69) is 56.5 Å². The van der Waals surface area contributed by atoms with Gasteiger partial charge in [0.1, 0.15) is 22.3 Å². The maximum Gasteiger partial charge on any atom is 0.138 e. The van der Waals surface area contributed by atoms with Crippen molar-refractivity contribution in [2.75, 3.05) is 29.9 Å². The number of hydrogen-bond acceptors (Lipinski definition) is 7. The summed E-state index contributed by atoms with van der Waals surface area (Å²) in [6.07, 6.45) is 2.95. The zero-order valence-corrected chi connectivity index (χ0v) is 15.9. The Labute approximate surface area is 157 Å². The fourth-order valence-corrected chi connectivity index (χ4v) is 3.93. The summed E-state index contributed by atoms with van der Waals surface area (Å²) in [4.78, 5) is 17.1. The molecular formula is C19H23N5OS. The summed E-state index contributed by atoms with van der Waals surface area (Å²) in [5.74, 6) is 2.80. The first-order valence-electron chi connectivity index (χ1n) is 9.02. The monoisotopic (exact) mass is 369 g/mol. The van der Waals surface area contributed by atoms with Gasteiger partial charge in [-0.2, -0.15) is 0 Å². The van der Waals surface area contributed by atoms with Crippen molar-refractivity contribution in [3.8, 4) is 0 Å². The van der Waals surface area contributed by atoms with Crippen molar-refractivity contribution in [2.24, 2.45) is 0 Å². The van der Waals surface area contributed by atoms with E-state index in [0.29, 0.717) is 6.54 Å². The summed E-state index contributed by atoms with van der Waals surface area (Å²) < 4.78 is 5.63. The Kier molecular flexibility index (Phi) is 4.99. The quantitative estimate of drug-likeness (QED) is 0.743. The lowest BCUT2D eigenvalue weighted by Gasteiger charge is -2.32. The van der Waals surface area contributed by atoms with Crippen LogP contribution in [0.1, 0.15) is 25.2 Å². The second-order valence-corrected chi connectivity index (χ2v) is 7.38. The van der Waals surface area contributed by atoms with Crippen LogP contribution in [-0.2, 0) is 17.7 Å². The zero-order valence-electron chi connectivity index (χ0n) is 15.1. The summed E-state index contributed by atoms with van der Waals surface area (Å²) in [5.41, 5.74) is 1.19. The average molecular weight is 369 g/mol. The molecule has 0 aliphatic carbocycles. The number of hydrogen-bond donors (Lipinski definition) is 1. The third-order valence-corrected chi connectivity index (χ3v) is 5.33. The number of morpholine rings is 1. The number of pyridine rings is 1. The minimum absolute atomic E-state index is 0.243. The summed E-state index contributed by atoms with van der Waals surface area (Å²) in [5, 5.41) is 6.64. The van der Waals surface area contributed by atoms with E-state index >= 15 is 0 Å². The normalized spacial score (nSPS) is 17.6. The van der Waals surface area contributed by atoms with Crippen molar-refractivity contribution in [1.82, 2.24) is 15.0 Å². The number of fused-ring (bicyclic) bond motifs is 1. The van der Waals surface area contributed by atoms with Gasteiger partial charge < -0.3 is 15.0 Å². The molecule has 1 saturated heterocycles. The van der Waals surface area contributed by atoms with Gasteiger partial charge in [-0.15, -0.1) is 11.3 Å². The highest BCUT2D eigenvalue weighted by atomic mass is 32.1. The molecule has 1 atom stereocenters. The van der Waals surface area contributed by atoms with Crippen molar-refractivity contribution in [3.05, 3.63) is 41.2 Å². The van der Waals surface area contributed by atoms with Crippen LogP contribution in [0.2, 0.25) is 0 Å². The summed E-state index contributed by atoms with van der Waals surface area (Å²) in [6.45, 7) is 7.41. The van der Waals surface area contributed by atoms with Gasteiger partial charge in [-0.25, -0.2) is 15.0 Å². The van der Waals surface area contributed by atoms with Gasteiger partial charge in [0.05, 0.1) is 18.1 Å². The maximum absolute atomic E-state index is 5.63. The molecule has 4 heterocycles.